The number of methoxy groups -OCH3 is 2. The van der Waals surface area contributed by atoms with Crippen LogP contribution in [-0.2, 0) is 0 Å². The van der Waals surface area contributed by atoms with E-state index in [2.05, 4.69) is 0 Å². The molecule has 0 saturated carbocycles. The Balaban J connectivity index is 3.08. The Morgan fingerprint density at radius 2 is 2.07 bits per heavy atom. The van der Waals surface area contributed by atoms with E-state index in [1.165, 1.54) is 0 Å². The molecular weight excluding hydrogens is 182 g/mol. The Morgan fingerprint density at radius 1 is 1.36 bits per heavy atom. The molecule has 0 radical (unpaired) electrons. The lowest BCUT2D eigenvalue weighted by Gasteiger charge is -2.14. The van der Waals surface area contributed by atoms with Crippen molar-refractivity contribution in [2.24, 2.45) is 5.73 Å². The van der Waals surface area contributed by atoms with Gasteiger partial charge < -0.3 is 20.3 Å². The maximum Gasteiger partial charge on any atom is 0.124 e. The van der Waals surface area contributed by atoms with Crippen molar-refractivity contribution in [3.05, 3.63) is 23.8 Å². The zero-order valence-corrected chi connectivity index (χ0v) is 8.36. The van der Waals surface area contributed by atoms with E-state index in [9.17, 15) is 5.11 Å². The average Bonchev–Trinajstić information content (AvgIpc) is 2.27. The smallest absolute Gasteiger partial charge is 0.124 e. The molecule has 3 N–H and O–H groups in total. The van der Waals surface area contributed by atoms with E-state index in [0.717, 1.165) is 0 Å². The van der Waals surface area contributed by atoms with Crippen molar-refractivity contribution in [3.8, 4) is 11.5 Å². The highest BCUT2D eigenvalue weighted by Crippen LogP contribution is 2.28. The molecular formula is C10H15NO3. The number of aliphatic hydroxyl groups excluding tert-OH is 1. The van der Waals surface area contributed by atoms with E-state index < -0.39 is 6.10 Å². The summed E-state index contributed by atoms with van der Waals surface area (Å²) in [4.78, 5) is 0. The van der Waals surface area contributed by atoms with Crippen LogP contribution in [0, 0.1) is 0 Å². The van der Waals surface area contributed by atoms with E-state index >= 15 is 0 Å². The summed E-state index contributed by atoms with van der Waals surface area (Å²) in [5, 5.41) is 9.60. The van der Waals surface area contributed by atoms with E-state index in [1.54, 1.807) is 32.4 Å². The highest BCUT2D eigenvalue weighted by molar-refractivity contribution is 5.41. The summed E-state index contributed by atoms with van der Waals surface area (Å²) < 4.78 is 10.1. The molecule has 4 heteroatoms. The third-order valence-corrected chi connectivity index (χ3v) is 2.02. The molecule has 0 amide bonds. The first-order chi connectivity index (χ1) is 6.72. The number of hydrogen-bond donors (Lipinski definition) is 2. The zero-order valence-electron chi connectivity index (χ0n) is 8.36. The molecule has 78 valence electrons. The second kappa shape index (κ2) is 4.83. The van der Waals surface area contributed by atoms with Gasteiger partial charge in [-0.05, 0) is 18.2 Å². The van der Waals surface area contributed by atoms with Crippen molar-refractivity contribution in [2.45, 2.75) is 6.10 Å². The normalized spacial score (nSPS) is 12.3. The van der Waals surface area contributed by atoms with Crippen molar-refractivity contribution in [1.82, 2.24) is 0 Å². The van der Waals surface area contributed by atoms with Crippen LogP contribution in [0.2, 0.25) is 0 Å². The summed E-state index contributed by atoms with van der Waals surface area (Å²) in [5.74, 6) is 1.29. The molecule has 0 aliphatic rings. The van der Waals surface area contributed by atoms with Crippen molar-refractivity contribution < 1.29 is 14.6 Å². The van der Waals surface area contributed by atoms with Crippen LogP contribution in [-0.4, -0.2) is 25.9 Å². The standard InChI is InChI=1S/C10H15NO3/c1-13-7-3-4-10(14-2)8(5-7)9(12)6-11/h3-5,9,12H,6,11H2,1-2H3/t9-/m0/s1. The lowest BCUT2D eigenvalue weighted by molar-refractivity contribution is 0.181. The summed E-state index contributed by atoms with van der Waals surface area (Å²) in [6.07, 6.45) is -0.722. The van der Waals surface area contributed by atoms with Gasteiger partial charge in [0, 0.05) is 12.1 Å². The first kappa shape index (κ1) is 10.8. The fraction of sp³-hybridized carbons (Fsp3) is 0.400. The average molecular weight is 197 g/mol. The van der Waals surface area contributed by atoms with Crippen molar-refractivity contribution in [2.75, 3.05) is 20.8 Å². The minimum Gasteiger partial charge on any atom is -0.497 e. The Kier molecular flexibility index (Phi) is 3.73. The third kappa shape index (κ3) is 2.16. The van der Waals surface area contributed by atoms with Crippen LogP contribution in [0.25, 0.3) is 0 Å². The summed E-state index contributed by atoms with van der Waals surface area (Å²) >= 11 is 0. The van der Waals surface area contributed by atoms with Crippen LogP contribution < -0.4 is 15.2 Å². The summed E-state index contributed by atoms with van der Waals surface area (Å²) in [5.41, 5.74) is 6.02. The van der Waals surface area contributed by atoms with Gasteiger partial charge >= 0.3 is 0 Å². The molecule has 14 heavy (non-hydrogen) atoms. The van der Waals surface area contributed by atoms with Gasteiger partial charge in [-0.25, -0.2) is 0 Å². The lowest BCUT2D eigenvalue weighted by Crippen LogP contribution is -2.12. The molecule has 0 aliphatic carbocycles. The van der Waals surface area contributed by atoms with Crippen LogP contribution in [0.3, 0.4) is 0 Å². The summed E-state index contributed by atoms with van der Waals surface area (Å²) in [6.45, 7) is 0.156. The van der Waals surface area contributed by atoms with Crippen molar-refractivity contribution in [1.29, 1.82) is 0 Å². The molecule has 0 spiro atoms. The first-order valence-corrected chi connectivity index (χ1v) is 4.33. The van der Waals surface area contributed by atoms with Crippen LogP contribution >= 0.6 is 0 Å². The maximum atomic E-state index is 9.60. The third-order valence-electron chi connectivity index (χ3n) is 2.02. The number of aliphatic hydroxyl groups is 1. The predicted molar refractivity (Wildman–Crippen MR) is 53.6 cm³/mol. The molecule has 0 bridgehead atoms. The van der Waals surface area contributed by atoms with E-state index in [4.69, 9.17) is 15.2 Å². The van der Waals surface area contributed by atoms with Crippen LogP contribution in [0.1, 0.15) is 11.7 Å². The highest BCUT2D eigenvalue weighted by Gasteiger charge is 2.12. The molecule has 1 atom stereocenters. The summed E-state index contributed by atoms with van der Waals surface area (Å²) in [6, 6.07) is 5.23. The topological polar surface area (TPSA) is 64.7 Å². The molecule has 0 heterocycles. The molecule has 1 aromatic rings. The lowest BCUT2D eigenvalue weighted by atomic mass is 10.1. The molecule has 4 nitrogen and oxygen atoms in total. The van der Waals surface area contributed by atoms with Gasteiger partial charge in [-0.1, -0.05) is 0 Å². The van der Waals surface area contributed by atoms with Gasteiger partial charge in [0.2, 0.25) is 0 Å². The van der Waals surface area contributed by atoms with Gasteiger partial charge in [0.25, 0.3) is 0 Å². The molecule has 0 unspecified atom stereocenters. The largest absolute Gasteiger partial charge is 0.497 e. The highest BCUT2D eigenvalue weighted by atomic mass is 16.5. The number of ether oxygens (including phenoxy) is 2. The van der Waals surface area contributed by atoms with E-state index in [-0.39, 0.29) is 6.54 Å². The minimum atomic E-state index is -0.722. The van der Waals surface area contributed by atoms with Crippen molar-refractivity contribution in [3.63, 3.8) is 0 Å². The quantitative estimate of drug-likeness (QED) is 0.745. The monoisotopic (exact) mass is 197 g/mol. The molecule has 0 saturated heterocycles. The number of rotatable bonds is 4. The molecule has 1 aromatic carbocycles. The molecule has 0 aromatic heterocycles. The van der Waals surface area contributed by atoms with Gasteiger partial charge in [-0.3, -0.25) is 0 Å². The second-order valence-corrected chi connectivity index (χ2v) is 2.86. The molecule has 1 rings (SSSR count). The molecule has 0 aliphatic heterocycles. The minimum absolute atomic E-state index is 0.156. The van der Waals surface area contributed by atoms with Crippen LogP contribution in [0.5, 0.6) is 11.5 Å². The Bertz CT molecular complexity index is 301. The zero-order chi connectivity index (χ0) is 10.6. The fourth-order valence-corrected chi connectivity index (χ4v) is 1.23. The number of benzene rings is 1. The van der Waals surface area contributed by atoms with Crippen LogP contribution in [0.4, 0.5) is 0 Å². The Hall–Kier alpha value is -1.26. The fourth-order valence-electron chi connectivity index (χ4n) is 1.23. The van der Waals surface area contributed by atoms with E-state index in [0.29, 0.717) is 17.1 Å². The summed E-state index contributed by atoms with van der Waals surface area (Å²) in [7, 11) is 3.12. The second-order valence-electron chi connectivity index (χ2n) is 2.86. The number of nitrogens with two attached hydrogens (primary N) is 1. The number of hydrogen-bond acceptors (Lipinski definition) is 4. The maximum absolute atomic E-state index is 9.60. The van der Waals surface area contributed by atoms with Gasteiger partial charge in [-0.2, -0.15) is 0 Å². The van der Waals surface area contributed by atoms with Gasteiger partial charge in [0.15, 0.2) is 0 Å². The molecule has 0 fully saturated rings. The van der Waals surface area contributed by atoms with Gasteiger partial charge in [0.05, 0.1) is 20.3 Å². The van der Waals surface area contributed by atoms with Gasteiger partial charge in [0.1, 0.15) is 11.5 Å². The van der Waals surface area contributed by atoms with E-state index in [1.807, 2.05) is 0 Å². The predicted octanol–water partition coefficient (Wildman–Crippen LogP) is 0.696. The van der Waals surface area contributed by atoms with Crippen molar-refractivity contribution >= 4 is 0 Å². The SMILES string of the molecule is COc1ccc(OC)c([C@@H](O)CN)c1. The van der Waals surface area contributed by atoms with Crippen LogP contribution in [0.15, 0.2) is 18.2 Å². The first-order valence-electron chi connectivity index (χ1n) is 4.33. The Morgan fingerprint density at radius 3 is 2.57 bits per heavy atom. The Labute approximate surface area is 83.3 Å². The van der Waals surface area contributed by atoms with Gasteiger partial charge in [-0.15, -0.1) is 0 Å².